The molecule has 1 aliphatic heterocycles. The van der Waals surface area contributed by atoms with E-state index in [1.165, 1.54) is 18.7 Å². The molecule has 0 spiro atoms. The summed E-state index contributed by atoms with van der Waals surface area (Å²) < 4.78 is 0. The van der Waals surface area contributed by atoms with Crippen LogP contribution in [0.25, 0.3) is 0 Å². The van der Waals surface area contributed by atoms with Crippen LogP contribution < -0.4 is 0 Å². The number of aliphatic carboxylic acids is 1. The van der Waals surface area contributed by atoms with Crippen LogP contribution in [0.4, 0.5) is 0 Å². The van der Waals surface area contributed by atoms with Gasteiger partial charge in [-0.3, -0.25) is 14.4 Å². The van der Waals surface area contributed by atoms with Gasteiger partial charge in [-0.05, 0) is 6.92 Å². The molecule has 1 saturated heterocycles. The lowest BCUT2D eigenvalue weighted by Gasteiger charge is -2.45. The van der Waals surface area contributed by atoms with Gasteiger partial charge < -0.3 is 14.9 Å². The van der Waals surface area contributed by atoms with Crippen molar-refractivity contribution in [3.8, 4) is 0 Å². The molecule has 0 aromatic heterocycles. The van der Waals surface area contributed by atoms with Crippen molar-refractivity contribution < 1.29 is 19.5 Å². The van der Waals surface area contributed by atoms with Crippen molar-refractivity contribution in [1.82, 2.24) is 9.80 Å². The Morgan fingerprint density at radius 2 is 1.59 bits per heavy atom. The predicted molar refractivity (Wildman–Crippen MR) is 60.3 cm³/mol. The van der Waals surface area contributed by atoms with Gasteiger partial charge in [-0.2, -0.15) is 0 Å². The zero-order valence-electron chi connectivity index (χ0n) is 10.3. The summed E-state index contributed by atoms with van der Waals surface area (Å²) in [5.74, 6) is -1.19. The maximum Gasteiger partial charge on any atom is 0.305 e. The zero-order chi connectivity index (χ0) is 13.2. The largest absolute Gasteiger partial charge is 0.481 e. The first-order valence-corrected chi connectivity index (χ1v) is 5.60. The number of hydrogen-bond acceptors (Lipinski definition) is 3. The van der Waals surface area contributed by atoms with Crippen LogP contribution in [0.3, 0.4) is 0 Å². The summed E-state index contributed by atoms with van der Waals surface area (Å²) in [4.78, 5) is 36.8. The smallest absolute Gasteiger partial charge is 0.305 e. The maximum absolute atomic E-state index is 11.4. The highest BCUT2D eigenvalue weighted by molar-refractivity contribution is 5.77. The molecule has 2 amide bonds. The van der Waals surface area contributed by atoms with Crippen LogP contribution >= 0.6 is 0 Å². The number of nitrogens with zero attached hydrogens (tertiary/aromatic N) is 2. The second kappa shape index (κ2) is 5.16. The number of carbonyl (C=O) groups is 3. The molecular weight excluding hydrogens is 224 g/mol. The second-order valence-electron chi connectivity index (χ2n) is 4.33. The van der Waals surface area contributed by atoms with Crippen LogP contribution in [0.5, 0.6) is 0 Å². The van der Waals surface area contributed by atoms with E-state index in [0.717, 1.165) is 0 Å². The zero-order valence-corrected chi connectivity index (χ0v) is 10.3. The van der Waals surface area contributed by atoms with E-state index in [-0.39, 0.29) is 24.3 Å². The van der Waals surface area contributed by atoms with Crippen molar-refractivity contribution in [1.29, 1.82) is 0 Å². The minimum atomic E-state index is -0.960. The molecule has 1 aliphatic rings. The summed E-state index contributed by atoms with van der Waals surface area (Å²) in [7, 11) is 0. The SMILES string of the molecule is CC(=O)N1CCN(C(C)=O)[C@H](CC(=O)O)[C@H]1C. The highest BCUT2D eigenvalue weighted by atomic mass is 16.4. The molecule has 17 heavy (non-hydrogen) atoms. The Morgan fingerprint density at radius 3 is 2.00 bits per heavy atom. The molecule has 1 fully saturated rings. The number of amides is 2. The molecule has 6 nitrogen and oxygen atoms in total. The van der Waals surface area contributed by atoms with Crippen LogP contribution in [-0.2, 0) is 14.4 Å². The number of piperazine rings is 1. The molecule has 0 aromatic carbocycles. The van der Waals surface area contributed by atoms with E-state index in [4.69, 9.17) is 5.11 Å². The summed E-state index contributed by atoms with van der Waals surface area (Å²) in [5.41, 5.74) is 0. The van der Waals surface area contributed by atoms with Gasteiger partial charge in [0.1, 0.15) is 0 Å². The van der Waals surface area contributed by atoms with Crippen molar-refractivity contribution in [2.45, 2.75) is 39.3 Å². The number of carboxylic acid groups (broad SMARTS) is 1. The van der Waals surface area contributed by atoms with Crippen LogP contribution in [0, 0.1) is 0 Å². The van der Waals surface area contributed by atoms with Gasteiger partial charge in [-0.15, -0.1) is 0 Å². The van der Waals surface area contributed by atoms with Crippen LogP contribution in [0.2, 0.25) is 0 Å². The minimum absolute atomic E-state index is 0.0870. The van der Waals surface area contributed by atoms with E-state index >= 15 is 0 Å². The molecule has 2 atom stereocenters. The fraction of sp³-hybridized carbons (Fsp3) is 0.727. The number of hydrogen-bond donors (Lipinski definition) is 1. The Kier molecular flexibility index (Phi) is 4.09. The van der Waals surface area contributed by atoms with E-state index in [1.807, 2.05) is 0 Å². The van der Waals surface area contributed by atoms with Crippen molar-refractivity contribution in [3.05, 3.63) is 0 Å². The predicted octanol–water partition coefficient (Wildman–Crippen LogP) is -0.0712. The summed E-state index contributed by atoms with van der Waals surface area (Å²) in [6, 6.07) is -0.705. The van der Waals surface area contributed by atoms with Crippen molar-refractivity contribution in [2.75, 3.05) is 13.1 Å². The Hall–Kier alpha value is -1.59. The third kappa shape index (κ3) is 2.95. The van der Waals surface area contributed by atoms with Gasteiger partial charge in [0.15, 0.2) is 0 Å². The lowest BCUT2D eigenvalue weighted by atomic mass is 9.99. The van der Waals surface area contributed by atoms with Gasteiger partial charge in [0.2, 0.25) is 11.8 Å². The first-order valence-electron chi connectivity index (χ1n) is 5.60. The van der Waals surface area contributed by atoms with E-state index < -0.39 is 12.0 Å². The number of carbonyl (C=O) groups excluding carboxylic acids is 2. The molecule has 0 saturated carbocycles. The monoisotopic (exact) mass is 242 g/mol. The Bertz CT molecular complexity index is 342. The van der Waals surface area contributed by atoms with Gasteiger partial charge in [0, 0.05) is 33.0 Å². The Balaban J connectivity index is 2.90. The maximum atomic E-state index is 11.4. The van der Waals surface area contributed by atoms with Crippen LogP contribution in [-0.4, -0.2) is 57.9 Å². The highest BCUT2D eigenvalue weighted by Gasteiger charge is 2.37. The van der Waals surface area contributed by atoms with E-state index in [2.05, 4.69) is 0 Å². The normalized spacial score (nSPS) is 24.6. The molecule has 1 N–H and O–H groups in total. The highest BCUT2D eigenvalue weighted by Crippen LogP contribution is 2.20. The van der Waals surface area contributed by atoms with Gasteiger partial charge in [0.25, 0.3) is 0 Å². The van der Waals surface area contributed by atoms with E-state index in [9.17, 15) is 14.4 Å². The van der Waals surface area contributed by atoms with Gasteiger partial charge in [0.05, 0.1) is 12.5 Å². The molecule has 0 radical (unpaired) electrons. The first-order chi connectivity index (χ1) is 7.84. The lowest BCUT2D eigenvalue weighted by molar-refractivity contribution is -0.149. The molecule has 96 valence electrons. The van der Waals surface area contributed by atoms with Crippen LogP contribution in [0.1, 0.15) is 27.2 Å². The fourth-order valence-electron chi connectivity index (χ4n) is 2.35. The summed E-state index contributed by atoms with van der Waals surface area (Å²) in [6.07, 6.45) is -0.134. The van der Waals surface area contributed by atoms with Crippen molar-refractivity contribution in [2.24, 2.45) is 0 Å². The third-order valence-corrected chi connectivity index (χ3v) is 3.22. The van der Waals surface area contributed by atoms with Gasteiger partial charge in [-0.1, -0.05) is 0 Å². The van der Waals surface area contributed by atoms with Crippen molar-refractivity contribution in [3.63, 3.8) is 0 Å². The lowest BCUT2D eigenvalue weighted by Crippen LogP contribution is -2.61. The molecule has 6 heteroatoms. The molecule has 0 unspecified atom stereocenters. The standard InChI is InChI=1S/C11H18N2O4/c1-7-10(6-11(16)17)13(9(3)15)5-4-12(7)8(2)14/h7,10H,4-6H2,1-3H3,(H,16,17)/t7-,10-/m1/s1. The molecular formula is C11H18N2O4. The molecule has 0 aliphatic carbocycles. The van der Waals surface area contributed by atoms with Gasteiger partial charge in [-0.25, -0.2) is 0 Å². The first kappa shape index (κ1) is 13.5. The number of rotatable bonds is 2. The minimum Gasteiger partial charge on any atom is -0.481 e. The summed E-state index contributed by atoms with van der Waals surface area (Å²) in [5, 5.41) is 8.87. The Morgan fingerprint density at radius 1 is 1.12 bits per heavy atom. The summed E-state index contributed by atoms with van der Waals surface area (Å²) >= 11 is 0. The molecule has 0 aromatic rings. The van der Waals surface area contributed by atoms with Crippen LogP contribution in [0.15, 0.2) is 0 Å². The second-order valence-corrected chi connectivity index (χ2v) is 4.33. The molecule has 1 rings (SSSR count). The average Bonchev–Trinajstić information content (AvgIpc) is 2.19. The molecule has 0 bridgehead atoms. The molecule has 1 heterocycles. The average molecular weight is 242 g/mol. The fourth-order valence-corrected chi connectivity index (χ4v) is 2.35. The van der Waals surface area contributed by atoms with E-state index in [0.29, 0.717) is 13.1 Å². The third-order valence-electron chi connectivity index (χ3n) is 3.22. The number of carboxylic acids is 1. The van der Waals surface area contributed by atoms with Gasteiger partial charge >= 0.3 is 5.97 Å². The topological polar surface area (TPSA) is 77.9 Å². The summed E-state index contributed by atoms with van der Waals surface area (Å²) in [6.45, 7) is 5.52. The van der Waals surface area contributed by atoms with Crippen molar-refractivity contribution >= 4 is 17.8 Å². The van der Waals surface area contributed by atoms with E-state index in [1.54, 1.807) is 11.8 Å². The Labute approximate surface area is 100 Å². The quantitative estimate of drug-likeness (QED) is 0.735.